The lowest BCUT2D eigenvalue weighted by Gasteiger charge is -2.04. The maximum atomic E-state index is 5.54. The number of rotatable bonds is 5. The Hall–Kier alpha value is -1.46. The lowest BCUT2D eigenvalue weighted by atomic mass is 10.3. The molecule has 2 heterocycles. The Kier molecular flexibility index (Phi) is 3.85. The van der Waals surface area contributed by atoms with Crippen LogP contribution >= 0.6 is 11.3 Å². The third-order valence-corrected chi connectivity index (χ3v) is 2.80. The minimum atomic E-state index is 0.496. The van der Waals surface area contributed by atoms with Gasteiger partial charge in [-0.15, -0.1) is 11.3 Å². The lowest BCUT2D eigenvalue weighted by Crippen LogP contribution is -2.04. The number of nitrogens with zero attached hydrogens (tertiary/aromatic N) is 2. The van der Waals surface area contributed by atoms with Crippen molar-refractivity contribution in [1.82, 2.24) is 9.97 Å². The van der Waals surface area contributed by atoms with Gasteiger partial charge in [0.1, 0.15) is 17.4 Å². The molecule has 0 aromatic carbocycles. The van der Waals surface area contributed by atoms with Gasteiger partial charge in [-0.3, -0.25) is 4.98 Å². The van der Waals surface area contributed by atoms with Gasteiger partial charge >= 0.3 is 0 Å². The summed E-state index contributed by atoms with van der Waals surface area (Å²) in [7, 11) is 0. The second-order valence-electron chi connectivity index (χ2n) is 3.24. The zero-order chi connectivity index (χ0) is 11.2. The Morgan fingerprint density at radius 3 is 2.88 bits per heavy atom. The highest BCUT2D eigenvalue weighted by molar-refractivity contribution is 7.09. The fourth-order valence-electron chi connectivity index (χ4n) is 1.26. The molecular weight excluding hydrogens is 222 g/mol. The van der Waals surface area contributed by atoms with Gasteiger partial charge in [0.2, 0.25) is 0 Å². The highest BCUT2D eigenvalue weighted by atomic mass is 32.1. The first kappa shape index (κ1) is 11.0. The van der Waals surface area contributed by atoms with Gasteiger partial charge < -0.3 is 10.5 Å². The molecule has 0 bridgehead atoms. The van der Waals surface area contributed by atoms with Crippen LogP contribution in [0.1, 0.15) is 10.7 Å². The Labute approximate surface area is 98.1 Å². The van der Waals surface area contributed by atoms with Crippen molar-refractivity contribution in [3.8, 4) is 5.75 Å². The molecule has 0 fully saturated rings. The summed E-state index contributed by atoms with van der Waals surface area (Å²) in [5.41, 5.74) is 6.43. The Morgan fingerprint density at radius 1 is 1.31 bits per heavy atom. The van der Waals surface area contributed by atoms with E-state index in [1.54, 1.807) is 23.7 Å². The minimum absolute atomic E-state index is 0.496. The van der Waals surface area contributed by atoms with E-state index < -0.39 is 0 Å². The molecule has 0 atom stereocenters. The molecule has 2 aromatic heterocycles. The second-order valence-corrected chi connectivity index (χ2v) is 4.22. The van der Waals surface area contributed by atoms with Crippen molar-refractivity contribution < 1.29 is 4.74 Å². The van der Waals surface area contributed by atoms with E-state index in [1.165, 1.54) is 0 Å². The highest BCUT2D eigenvalue weighted by Gasteiger charge is 1.99. The molecular formula is C11H13N3OS. The predicted octanol–water partition coefficient (Wildman–Crippen LogP) is 1.62. The first-order valence-electron chi connectivity index (χ1n) is 5.04. The number of nitrogens with two attached hydrogens (primary N) is 1. The number of thiazole rings is 1. The number of hydrogen-bond donors (Lipinski definition) is 1. The van der Waals surface area contributed by atoms with Gasteiger partial charge in [0.05, 0.1) is 6.20 Å². The predicted molar refractivity (Wildman–Crippen MR) is 63.4 cm³/mol. The number of pyridine rings is 1. The first-order chi connectivity index (χ1) is 7.88. The van der Waals surface area contributed by atoms with E-state index in [-0.39, 0.29) is 0 Å². The monoisotopic (exact) mass is 235 g/mol. The third-order valence-electron chi connectivity index (χ3n) is 2.04. The molecule has 0 spiro atoms. The molecule has 4 nitrogen and oxygen atoms in total. The molecule has 0 aliphatic heterocycles. The van der Waals surface area contributed by atoms with Crippen LogP contribution in [-0.2, 0) is 13.0 Å². The largest absolute Gasteiger partial charge is 0.485 e. The van der Waals surface area contributed by atoms with Crippen molar-refractivity contribution >= 4 is 11.3 Å². The van der Waals surface area contributed by atoms with E-state index in [2.05, 4.69) is 9.97 Å². The molecule has 2 aromatic rings. The average molecular weight is 235 g/mol. The second kappa shape index (κ2) is 5.58. The molecule has 0 saturated heterocycles. The van der Waals surface area contributed by atoms with Crippen LogP contribution in [0.3, 0.4) is 0 Å². The number of ether oxygens (including phenoxy) is 1. The maximum Gasteiger partial charge on any atom is 0.140 e. The van der Waals surface area contributed by atoms with E-state index in [1.807, 2.05) is 17.5 Å². The molecule has 0 amide bonds. The van der Waals surface area contributed by atoms with Crippen LogP contribution in [0.15, 0.2) is 29.9 Å². The van der Waals surface area contributed by atoms with Crippen molar-refractivity contribution in [3.63, 3.8) is 0 Å². The van der Waals surface area contributed by atoms with Crippen LogP contribution in [0.4, 0.5) is 0 Å². The van der Waals surface area contributed by atoms with Gasteiger partial charge in [-0.05, 0) is 18.7 Å². The Bertz CT molecular complexity index is 413. The molecule has 0 saturated carbocycles. The summed E-state index contributed by atoms with van der Waals surface area (Å²) in [4.78, 5) is 8.38. The molecule has 0 aliphatic rings. The van der Waals surface area contributed by atoms with Gasteiger partial charge in [-0.2, -0.15) is 0 Å². The average Bonchev–Trinajstić information content (AvgIpc) is 2.82. The van der Waals surface area contributed by atoms with Crippen LogP contribution in [-0.4, -0.2) is 16.5 Å². The molecule has 0 radical (unpaired) electrons. The van der Waals surface area contributed by atoms with Crippen molar-refractivity contribution in [2.75, 3.05) is 6.54 Å². The minimum Gasteiger partial charge on any atom is -0.485 e. The Morgan fingerprint density at radius 2 is 2.25 bits per heavy atom. The molecule has 0 aliphatic carbocycles. The Balaban J connectivity index is 1.90. The van der Waals surface area contributed by atoms with Crippen molar-refractivity contribution in [1.29, 1.82) is 0 Å². The summed E-state index contributed by atoms with van der Waals surface area (Å²) in [5, 5.41) is 2.90. The van der Waals surface area contributed by atoms with Crippen molar-refractivity contribution in [2.45, 2.75) is 13.0 Å². The summed E-state index contributed by atoms with van der Waals surface area (Å²) >= 11 is 1.58. The van der Waals surface area contributed by atoms with Crippen molar-refractivity contribution in [2.24, 2.45) is 5.73 Å². The van der Waals surface area contributed by atoms with Gasteiger partial charge in [0, 0.05) is 23.7 Å². The van der Waals surface area contributed by atoms with Crippen LogP contribution in [0, 0.1) is 0 Å². The van der Waals surface area contributed by atoms with Gasteiger partial charge in [0.25, 0.3) is 0 Å². The van der Waals surface area contributed by atoms with E-state index in [4.69, 9.17) is 10.5 Å². The van der Waals surface area contributed by atoms with E-state index in [0.717, 1.165) is 22.9 Å². The summed E-state index contributed by atoms with van der Waals surface area (Å²) in [5.74, 6) is 0.760. The summed E-state index contributed by atoms with van der Waals surface area (Å²) in [6.45, 7) is 1.11. The standard InChI is InChI=1S/C11H13N3OS/c12-4-3-9-1-2-10(7-14-9)15-8-11-13-5-6-16-11/h1-2,5-7H,3-4,8,12H2. The summed E-state index contributed by atoms with van der Waals surface area (Å²) < 4.78 is 5.54. The number of hydrogen-bond acceptors (Lipinski definition) is 5. The SMILES string of the molecule is NCCc1ccc(OCc2nccs2)cn1. The topological polar surface area (TPSA) is 61.0 Å². The molecule has 5 heteroatoms. The zero-order valence-electron chi connectivity index (χ0n) is 8.80. The van der Waals surface area contributed by atoms with Crippen LogP contribution < -0.4 is 10.5 Å². The first-order valence-corrected chi connectivity index (χ1v) is 5.92. The van der Waals surface area contributed by atoms with Crippen LogP contribution in [0.2, 0.25) is 0 Å². The third kappa shape index (κ3) is 3.01. The molecule has 16 heavy (non-hydrogen) atoms. The normalized spacial score (nSPS) is 10.3. The molecule has 2 N–H and O–H groups in total. The van der Waals surface area contributed by atoms with E-state index in [9.17, 15) is 0 Å². The van der Waals surface area contributed by atoms with E-state index in [0.29, 0.717) is 13.2 Å². The van der Waals surface area contributed by atoms with Gasteiger partial charge in [-0.25, -0.2) is 4.98 Å². The fraction of sp³-hybridized carbons (Fsp3) is 0.273. The van der Waals surface area contributed by atoms with E-state index >= 15 is 0 Å². The van der Waals surface area contributed by atoms with Gasteiger partial charge in [-0.1, -0.05) is 0 Å². The summed E-state index contributed by atoms with van der Waals surface area (Å²) in [6.07, 6.45) is 4.29. The van der Waals surface area contributed by atoms with Crippen LogP contribution in [0.5, 0.6) is 5.75 Å². The quantitative estimate of drug-likeness (QED) is 0.855. The van der Waals surface area contributed by atoms with Crippen LogP contribution in [0.25, 0.3) is 0 Å². The molecule has 2 rings (SSSR count). The van der Waals surface area contributed by atoms with Gasteiger partial charge in [0.15, 0.2) is 0 Å². The maximum absolute atomic E-state index is 5.54. The fourth-order valence-corrected chi connectivity index (χ4v) is 1.79. The summed E-state index contributed by atoms with van der Waals surface area (Å²) in [6, 6.07) is 3.84. The molecule has 0 unspecified atom stereocenters. The number of aromatic nitrogens is 2. The lowest BCUT2D eigenvalue weighted by molar-refractivity contribution is 0.304. The molecule has 84 valence electrons. The smallest absolute Gasteiger partial charge is 0.140 e. The van der Waals surface area contributed by atoms with Crippen molar-refractivity contribution in [3.05, 3.63) is 40.6 Å². The zero-order valence-corrected chi connectivity index (χ0v) is 9.61. The highest BCUT2D eigenvalue weighted by Crippen LogP contribution is 2.13.